The second-order valence-electron chi connectivity index (χ2n) is 4.78. The molecule has 118 valence electrons. The molecule has 0 spiro atoms. The summed E-state index contributed by atoms with van der Waals surface area (Å²) < 4.78 is 3.11. The molecule has 0 unspecified atom stereocenters. The molecule has 2 rings (SSSR count). The summed E-state index contributed by atoms with van der Waals surface area (Å²) >= 11 is 0. The van der Waals surface area contributed by atoms with Crippen molar-refractivity contribution < 1.29 is 0 Å². The lowest BCUT2D eigenvalue weighted by atomic mass is 10.4. The fourth-order valence-corrected chi connectivity index (χ4v) is 3.15. The highest BCUT2D eigenvalue weighted by molar-refractivity contribution is 6.52. The van der Waals surface area contributed by atoms with Crippen molar-refractivity contribution in [2.75, 3.05) is 0 Å². The average molecular weight is 327 g/mol. The van der Waals surface area contributed by atoms with Crippen LogP contribution in [0, 0.1) is 0 Å². The van der Waals surface area contributed by atoms with Gasteiger partial charge in [0.05, 0.1) is 13.1 Å². The number of nitrogens with zero attached hydrogens (tertiary/aromatic N) is 3. The Balaban J connectivity index is 2.51. The molecule has 0 aliphatic carbocycles. The van der Waals surface area contributed by atoms with E-state index in [0.29, 0.717) is 0 Å². The van der Waals surface area contributed by atoms with Crippen LogP contribution in [0.1, 0.15) is 0 Å². The molecule has 1 aromatic heterocycles. The SMILES string of the molecule is C=CCn1c(=O)n(CC=C)c(=O)n(C[Si]c2ccccc2)c1=O. The molecule has 0 fully saturated rings. The van der Waals surface area contributed by atoms with E-state index in [1.165, 1.54) is 12.2 Å². The Bertz CT molecular complexity index is 830. The van der Waals surface area contributed by atoms with Crippen LogP contribution in [0.5, 0.6) is 0 Å². The highest BCUT2D eigenvalue weighted by Crippen LogP contribution is 1.83. The molecule has 0 saturated heterocycles. The van der Waals surface area contributed by atoms with Gasteiger partial charge in [-0.15, -0.1) is 13.2 Å². The molecular formula is C16H17N3O3Si. The quantitative estimate of drug-likeness (QED) is 0.510. The zero-order valence-corrected chi connectivity index (χ0v) is 13.6. The topological polar surface area (TPSA) is 66.0 Å². The van der Waals surface area contributed by atoms with Crippen LogP contribution in [0.15, 0.2) is 70.0 Å². The molecule has 7 heteroatoms. The van der Waals surface area contributed by atoms with Gasteiger partial charge in [-0.1, -0.05) is 47.7 Å². The summed E-state index contributed by atoms with van der Waals surface area (Å²) in [5.41, 5.74) is -1.86. The normalized spacial score (nSPS) is 10.4. The lowest BCUT2D eigenvalue weighted by Gasteiger charge is -2.11. The van der Waals surface area contributed by atoms with E-state index in [1.807, 2.05) is 30.3 Å². The highest BCUT2D eigenvalue weighted by atomic mass is 28.2. The first kappa shape index (κ1) is 16.7. The van der Waals surface area contributed by atoms with Gasteiger partial charge in [0, 0.05) is 6.17 Å². The Morgan fingerprint density at radius 3 is 1.78 bits per heavy atom. The lowest BCUT2D eigenvalue weighted by Crippen LogP contribution is -2.55. The van der Waals surface area contributed by atoms with Crippen LogP contribution in [0.3, 0.4) is 0 Å². The number of allylic oxidation sites excluding steroid dienone is 2. The maximum absolute atomic E-state index is 12.4. The molecule has 1 heterocycles. The molecule has 2 aromatic rings. The Labute approximate surface area is 135 Å². The van der Waals surface area contributed by atoms with Crippen LogP contribution in [-0.2, 0) is 19.3 Å². The maximum atomic E-state index is 12.4. The number of hydrogen-bond acceptors (Lipinski definition) is 3. The average Bonchev–Trinajstić information content (AvgIpc) is 2.56. The standard InChI is InChI=1S/C16H17N3O3Si/c1-3-10-17-14(20)18(11-4-2)16(22)19(15(17)21)12-23-13-8-6-5-7-9-13/h3-9H,1-2,10-12H2. The van der Waals surface area contributed by atoms with Crippen LogP contribution in [0.2, 0.25) is 0 Å². The van der Waals surface area contributed by atoms with Crippen molar-refractivity contribution in [1.29, 1.82) is 0 Å². The fraction of sp³-hybridized carbons (Fsp3) is 0.188. The fourth-order valence-electron chi connectivity index (χ4n) is 2.11. The largest absolute Gasteiger partial charge is 0.336 e. The van der Waals surface area contributed by atoms with Crippen LogP contribution in [0.25, 0.3) is 0 Å². The van der Waals surface area contributed by atoms with Crippen molar-refractivity contribution in [2.24, 2.45) is 0 Å². The first-order chi connectivity index (χ1) is 11.1. The van der Waals surface area contributed by atoms with Crippen molar-refractivity contribution in [3.8, 4) is 0 Å². The summed E-state index contributed by atoms with van der Waals surface area (Å²) in [5.74, 6) is 0. The van der Waals surface area contributed by atoms with Gasteiger partial charge >= 0.3 is 17.1 Å². The van der Waals surface area contributed by atoms with E-state index >= 15 is 0 Å². The van der Waals surface area contributed by atoms with Gasteiger partial charge in [-0.25, -0.2) is 28.1 Å². The molecule has 0 amide bonds. The summed E-state index contributed by atoms with van der Waals surface area (Å²) in [5, 5.41) is 1.04. The molecule has 23 heavy (non-hydrogen) atoms. The van der Waals surface area contributed by atoms with Crippen LogP contribution < -0.4 is 22.3 Å². The molecule has 0 aliphatic rings. The second kappa shape index (κ2) is 7.55. The van der Waals surface area contributed by atoms with E-state index in [4.69, 9.17) is 0 Å². The third kappa shape index (κ3) is 3.57. The van der Waals surface area contributed by atoms with Gasteiger partial charge in [-0.05, 0) is 0 Å². The molecule has 1 aromatic carbocycles. The number of rotatable bonds is 7. The molecule has 0 aliphatic heterocycles. The Morgan fingerprint density at radius 1 is 0.826 bits per heavy atom. The van der Waals surface area contributed by atoms with E-state index in [2.05, 4.69) is 13.2 Å². The van der Waals surface area contributed by atoms with Crippen molar-refractivity contribution in [2.45, 2.75) is 19.3 Å². The van der Waals surface area contributed by atoms with Crippen LogP contribution >= 0.6 is 0 Å². The first-order valence-corrected chi connectivity index (χ1v) is 8.26. The van der Waals surface area contributed by atoms with Crippen molar-refractivity contribution >= 4 is 14.7 Å². The Kier molecular flexibility index (Phi) is 5.48. The van der Waals surface area contributed by atoms with E-state index in [9.17, 15) is 14.4 Å². The van der Waals surface area contributed by atoms with Gasteiger partial charge in [-0.2, -0.15) is 0 Å². The van der Waals surface area contributed by atoms with E-state index < -0.39 is 17.1 Å². The third-order valence-corrected chi connectivity index (χ3v) is 4.44. The maximum Gasteiger partial charge on any atom is 0.336 e. The minimum atomic E-state index is -0.640. The molecule has 0 atom stereocenters. The predicted molar refractivity (Wildman–Crippen MR) is 91.4 cm³/mol. The highest BCUT2D eigenvalue weighted by Gasteiger charge is 2.14. The number of hydrogen-bond donors (Lipinski definition) is 0. The van der Waals surface area contributed by atoms with Gasteiger partial charge in [0.15, 0.2) is 0 Å². The van der Waals surface area contributed by atoms with Gasteiger partial charge < -0.3 is 0 Å². The summed E-state index contributed by atoms with van der Waals surface area (Å²) in [7, 11) is 0.251. The van der Waals surface area contributed by atoms with E-state index in [-0.39, 0.29) is 28.8 Å². The van der Waals surface area contributed by atoms with E-state index in [1.54, 1.807) is 0 Å². The third-order valence-electron chi connectivity index (χ3n) is 3.22. The summed E-state index contributed by atoms with van der Waals surface area (Å²) in [4.78, 5) is 37.1. The Hall–Kier alpha value is -2.67. The summed E-state index contributed by atoms with van der Waals surface area (Å²) in [6, 6.07) is 9.58. The van der Waals surface area contributed by atoms with Gasteiger partial charge in [0.25, 0.3) is 0 Å². The molecule has 6 nitrogen and oxygen atoms in total. The first-order valence-electron chi connectivity index (χ1n) is 7.05. The molecule has 0 bridgehead atoms. The molecule has 2 radical (unpaired) electrons. The van der Waals surface area contributed by atoms with Gasteiger partial charge in [0.2, 0.25) is 0 Å². The summed E-state index contributed by atoms with van der Waals surface area (Å²) in [6.45, 7) is 7.21. The van der Waals surface area contributed by atoms with Crippen molar-refractivity contribution in [1.82, 2.24) is 13.7 Å². The molecule has 0 N–H and O–H groups in total. The van der Waals surface area contributed by atoms with E-state index in [0.717, 1.165) is 18.9 Å². The van der Waals surface area contributed by atoms with Crippen LogP contribution in [0.4, 0.5) is 0 Å². The second-order valence-corrected chi connectivity index (χ2v) is 6.02. The smallest absolute Gasteiger partial charge is 0.248 e. The van der Waals surface area contributed by atoms with Gasteiger partial charge in [0.1, 0.15) is 9.52 Å². The minimum Gasteiger partial charge on any atom is -0.248 e. The molecule has 0 saturated carbocycles. The Morgan fingerprint density at radius 2 is 1.30 bits per heavy atom. The van der Waals surface area contributed by atoms with Crippen molar-refractivity contribution in [3.05, 3.63) is 87.1 Å². The van der Waals surface area contributed by atoms with Gasteiger partial charge in [-0.3, -0.25) is 0 Å². The predicted octanol–water partition coefficient (Wildman–Crippen LogP) is -0.469. The minimum absolute atomic E-state index is 0.0591. The monoisotopic (exact) mass is 327 g/mol. The number of benzene rings is 1. The summed E-state index contributed by atoms with van der Waals surface area (Å²) in [6.07, 6.45) is 3.14. The van der Waals surface area contributed by atoms with Crippen LogP contribution in [-0.4, -0.2) is 23.2 Å². The number of aromatic nitrogens is 3. The lowest BCUT2D eigenvalue weighted by molar-refractivity contribution is 0.510. The zero-order chi connectivity index (χ0) is 16.8. The molecular weight excluding hydrogens is 310 g/mol. The van der Waals surface area contributed by atoms with Crippen molar-refractivity contribution in [3.63, 3.8) is 0 Å². The zero-order valence-electron chi connectivity index (χ0n) is 12.6.